The van der Waals surface area contributed by atoms with E-state index >= 15 is 0 Å². The summed E-state index contributed by atoms with van der Waals surface area (Å²) in [5.41, 5.74) is 1.04. The van der Waals surface area contributed by atoms with Crippen LogP contribution >= 0.6 is 0 Å². The van der Waals surface area contributed by atoms with Crippen LogP contribution < -0.4 is 10.6 Å². The van der Waals surface area contributed by atoms with Crippen LogP contribution in [0.4, 0.5) is 4.39 Å². The summed E-state index contributed by atoms with van der Waals surface area (Å²) in [6, 6.07) is 6.51. The first kappa shape index (κ1) is 15.8. The van der Waals surface area contributed by atoms with Crippen molar-refractivity contribution in [3.8, 4) is 0 Å². The number of benzene rings is 1. The molecule has 1 aromatic carbocycles. The standard InChI is InChI=1S/C16H25FN4/c1-18-16(19-9-4-12-21-10-2-3-11-21)20-13-14-5-7-15(17)8-6-14/h5-8H,2-4,9-13H2,1H3,(H2,18,19,20). The Hall–Kier alpha value is -1.62. The third-order valence-electron chi connectivity index (χ3n) is 3.74. The van der Waals surface area contributed by atoms with Gasteiger partial charge in [0, 0.05) is 20.1 Å². The molecule has 1 saturated heterocycles. The van der Waals surface area contributed by atoms with Gasteiger partial charge >= 0.3 is 0 Å². The molecule has 1 heterocycles. The molecule has 5 heteroatoms. The molecule has 4 nitrogen and oxygen atoms in total. The lowest BCUT2D eigenvalue weighted by Gasteiger charge is -2.16. The highest BCUT2D eigenvalue weighted by Gasteiger charge is 2.10. The molecule has 116 valence electrons. The van der Waals surface area contributed by atoms with E-state index in [0.717, 1.165) is 31.0 Å². The zero-order valence-electron chi connectivity index (χ0n) is 12.7. The van der Waals surface area contributed by atoms with Crippen molar-refractivity contribution in [2.45, 2.75) is 25.8 Å². The highest BCUT2D eigenvalue weighted by Crippen LogP contribution is 2.06. The van der Waals surface area contributed by atoms with Crippen molar-refractivity contribution in [3.05, 3.63) is 35.6 Å². The third-order valence-corrected chi connectivity index (χ3v) is 3.74. The van der Waals surface area contributed by atoms with Gasteiger partial charge in [-0.1, -0.05) is 12.1 Å². The Labute approximate surface area is 126 Å². The number of hydrogen-bond donors (Lipinski definition) is 2. The van der Waals surface area contributed by atoms with Gasteiger partial charge < -0.3 is 15.5 Å². The number of nitrogens with zero attached hydrogens (tertiary/aromatic N) is 2. The zero-order valence-corrected chi connectivity index (χ0v) is 12.7. The maximum absolute atomic E-state index is 12.8. The molecule has 0 saturated carbocycles. The van der Waals surface area contributed by atoms with Crippen LogP contribution in [-0.4, -0.2) is 44.1 Å². The average Bonchev–Trinajstić information content (AvgIpc) is 3.01. The Balaban J connectivity index is 1.62. The number of nitrogens with one attached hydrogen (secondary N) is 2. The molecule has 0 bridgehead atoms. The summed E-state index contributed by atoms with van der Waals surface area (Å²) in [5.74, 6) is 0.587. The quantitative estimate of drug-likeness (QED) is 0.478. The van der Waals surface area contributed by atoms with Crippen molar-refractivity contribution >= 4 is 5.96 Å². The van der Waals surface area contributed by atoms with E-state index in [-0.39, 0.29) is 5.82 Å². The molecule has 1 fully saturated rings. The van der Waals surface area contributed by atoms with Gasteiger partial charge in [-0.25, -0.2) is 4.39 Å². The maximum atomic E-state index is 12.8. The molecule has 0 spiro atoms. The molecule has 21 heavy (non-hydrogen) atoms. The fourth-order valence-corrected chi connectivity index (χ4v) is 2.52. The van der Waals surface area contributed by atoms with E-state index in [9.17, 15) is 4.39 Å². The Kier molecular flexibility index (Phi) is 6.47. The van der Waals surface area contributed by atoms with Crippen molar-refractivity contribution in [2.24, 2.45) is 4.99 Å². The van der Waals surface area contributed by atoms with Crippen LogP contribution in [0, 0.1) is 5.82 Å². The Morgan fingerprint density at radius 1 is 1.19 bits per heavy atom. The molecule has 0 atom stereocenters. The molecular weight excluding hydrogens is 267 g/mol. The van der Waals surface area contributed by atoms with E-state index in [4.69, 9.17) is 0 Å². The number of rotatable bonds is 6. The van der Waals surface area contributed by atoms with Gasteiger partial charge in [0.2, 0.25) is 0 Å². The summed E-state index contributed by atoms with van der Waals surface area (Å²) < 4.78 is 12.8. The molecule has 0 amide bonds. The van der Waals surface area contributed by atoms with Gasteiger partial charge in [0.05, 0.1) is 0 Å². The van der Waals surface area contributed by atoms with Crippen LogP contribution in [-0.2, 0) is 6.54 Å². The fraction of sp³-hybridized carbons (Fsp3) is 0.562. The minimum atomic E-state index is -0.205. The van der Waals surface area contributed by atoms with Crippen molar-refractivity contribution in [2.75, 3.05) is 33.2 Å². The zero-order chi connectivity index (χ0) is 14.9. The Morgan fingerprint density at radius 3 is 2.57 bits per heavy atom. The van der Waals surface area contributed by atoms with Crippen molar-refractivity contribution < 1.29 is 4.39 Å². The van der Waals surface area contributed by atoms with Crippen LogP contribution in [0.15, 0.2) is 29.3 Å². The monoisotopic (exact) mass is 292 g/mol. The molecule has 0 radical (unpaired) electrons. The molecular formula is C16H25FN4. The lowest BCUT2D eigenvalue weighted by atomic mass is 10.2. The van der Waals surface area contributed by atoms with Crippen molar-refractivity contribution in [1.29, 1.82) is 0 Å². The Bertz CT molecular complexity index is 438. The first-order chi connectivity index (χ1) is 10.3. The predicted octanol–water partition coefficient (Wildman–Crippen LogP) is 1.98. The summed E-state index contributed by atoms with van der Waals surface area (Å²) in [6.07, 6.45) is 3.81. The van der Waals surface area contributed by atoms with E-state index in [1.54, 1.807) is 19.2 Å². The second kappa shape index (κ2) is 8.62. The molecule has 1 aliphatic rings. The van der Waals surface area contributed by atoms with E-state index in [1.807, 2.05) is 0 Å². The fourth-order valence-electron chi connectivity index (χ4n) is 2.52. The summed E-state index contributed by atoms with van der Waals surface area (Å²) in [4.78, 5) is 6.71. The van der Waals surface area contributed by atoms with E-state index in [2.05, 4.69) is 20.5 Å². The molecule has 2 N–H and O–H groups in total. The molecule has 0 aromatic heterocycles. The number of aliphatic imine (C=N–C) groups is 1. The lowest BCUT2D eigenvalue weighted by Crippen LogP contribution is -2.38. The topological polar surface area (TPSA) is 39.7 Å². The summed E-state index contributed by atoms with van der Waals surface area (Å²) in [5, 5.41) is 6.55. The SMILES string of the molecule is CN=C(NCCCN1CCCC1)NCc1ccc(F)cc1. The van der Waals surface area contributed by atoms with Crippen LogP contribution in [0.1, 0.15) is 24.8 Å². The van der Waals surface area contributed by atoms with Crippen LogP contribution in [0.25, 0.3) is 0 Å². The minimum absolute atomic E-state index is 0.205. The largest absolute Gasteiger partial charge is 0.356 e. The van der Waals surface area contributed by atoms with Gasteiger partial charge in [-0.05, 0) is 56.6 Å². The van der Waals surface area contributed by atoms with Gasteiger partial charge in [-0.3, -0.25) is 4.99 Å². The van der Waals surface area contributed by atoms with Gasteiger partial charge in [-0.2, -0.15) is 0 Å². The lowest BCUT2D eigenvalue weighted by molar-refractivity contribution is 0.334. The summed E-state index contributed by atoms with van der Waals surface area (Å²) in [7, 11) is 1.76. The van der Waals surface area contributed by atoms with Gasteiger partial charge in [0.1, 0.15) is 5.82 Å². The normalized spacial score (nSPS) is 16.2. The average molecular weight is 292 g/mol. The minimum Gasteiger partial charge on any atom is -0.356 e. The molecule has 0 unspecified atom stereocenters. The van der Waals surface area contributed by atoms with Gasteiger partial charge in [0.15, 0.2) is 5.96 Å². The van der Waals surface area contributed by atoms with E-state index in [1.165, 1.54) is 38.1 Å². The number of halogens is 1. The molecule has 2 rings (SSSR count). The third kappa shape index (κ3) is 5.71. The van der Waals surface area contributed by atoms with Gasteiger partial charge in [-0.15, -0.1) is 0 Å². The highest BCUT2D eigenvalue weighted by molar-refractivity contribution is 5.79. The van der Waals surface area contributed by atoms with Crippen molar-refractivity contribution in [3.63, 3.8) is 0 Å². The van der Waals surface area contributed by atoms with Crippen LogP contribution in [0.2, 0.25) is 0 Å². The summed E-state index contributed by atoms with van der Waals surface area (Å²) in [6.45, 7) is 5.21. The molecule has 0 aliphatic carbocycles. The van der Waals surface area contributed by atoms with E-state index < -0.39 is 0 Å². The smallest absolute Gasteiger partial charge is 0.191 e. The number of hydrogen-bond acceptors (Lipinski definition) is 2. The highest BCUT2D eigenvalue weighted by atomic mass is 19.1. The van der Waals surface area contributed by atoms with Crippen LogP contribution in [0.3, 0.4) is 0 Å². The number of guanidine groups is 1. The second-order valence-corrected chi connectivity index (χ2v) is 5.38. The van der Waals surface area contributed by atoms with E-state index in [0.29, 0.717) is 6.54 Å². The Morgan fingerprint density at radius 2 is 1.90 bits per heavy atom. The number of likely N-dealkylation sites (tertiary alicyclic amines) is 1. The van der Waals surface area contributed by atoms with Crippen LogP contribution in [0.5, 0.6) is 0 Å². The molecule has 1 aromatic rings. The summed E-state index contributed by atoms with van der Waals surface area (Å²) >= 11 is 0. The van der Waals surface area contributed by atoms with Gasteiger partial charge in [0.25, 0.3) is 0 Å². The predicted molar refractivity (Wildman–Crippen MR) is 84.9 cm³/mol. The first-order valence-corrected chi connectivity index (χ1v) is 7.69. The first-order valence-electron chi connectivity index (χ1n) is 7.69. The second-order valence-electron chi connectivity index (χ2n) is 5.38. The van der Waals surface area contributed by atoms with Crippen molar-refractivity contribution in [1.82, 2.24) is 15.5 Å². The maximum Gasteiger partial charge on any atom is 0.191 e. The molecule has 1 aliphatic heterocycles.